The minimum Gasteiger partial charge on any atom is -0.508 e. The highest BCUT2D eigenvalue weighted by Crippen LogP contribution is 2.22. The summed E-state index contributed by atoms with van der Waals surface area (Å²) in [6, 6.07) is 4.29. The molecule has 30 heavy (non-hydrogen) atoms. The molecule has 0 aliphatic rings. The van der Waals surface area contributed by atoms with Gasteiger partial charge in [0.1, 0.15) is 5.75 Å². The van der Waals surface area contributed by atoms with E-state index in [1.807, 2.05) is 0 Å². The van der Waals surface area contributed by atoms with Crippen LogP contribution in [0.3, 0.4) is 0 Å². The van der Waals surface area contributed by atoms with E-state index in [-0.39, 0.29) is 36.9 Å². The van der Waals surface area contributed by atoms with Crippen molar-refractivity contribution < 1.29 is 37.9 Å². The van der Waals surface area contributed by atoms with Crippen molar-refractivity contribution in [2.24, 2.45) is 0 Å². The number of rotatable bonds is 16. The molecule has 0 spiro atoms. The van der Waals surface area contributed by atoms with Crippen molar-refractivity contribution in [3.63, 3.8) is 0 Å². The molecule has 0 heterocycles. The van der Waals surface area contributed by atoms with E-state index in [1.165, 1.54) is 18.2 Å². The summed E-state index contributed by atoms with van der Waals surface area (Å²) in [6.45, 7) is -6.23. The van der Waals surface area contributed by atoms with Crippen molar-refractivity contribution in [1.29, 1.82) is 0 Å². The average Bonchev–Trinajstić information content (AvgIpc) is 2.86. The van der Waals surface area contributed by atoms with Gasteiger partial charge in [0, 0.05) is 33.5 Å². The zero-order chi connectivity index (χ0) is 33.0. The molecular formula is C25H37NO4. The van der Waals surface area contributed by atoms with Crippen LogP contribution < -0.4 is 5.32 Å². The van der Waals surface area contributed by atoms with Gasteiger partial charge in [0.05, 0.1) is 22.3 Å². The number of hydrogen-bond donors (Lipinski definition) is 4. The van der Waals surface area contributed by atoms with Gasteiger partial charge in [-0.25, -0.2) is 0 Å². The SMILES string of the molecule is [2H]c1cc([2H])c(C([2H])([2H])C([2H])([2H])C([2H])([2H])C([2H])([2H])OC([2H])([2H])CCCCCNCC(O)c2ccc(O)c(CO)c2)c([2H])c1. The third kappa shape index (κ3) is 9.72. The van der Waals surface area contributed by atoms with E-state index in [9.17, 15) is 15.3 Å². The Kier molecular flexibility index (Phi) is 5.80. The smallest absolute Gasteiger partial charge is 0.121 e. The number of aliphatic hydroxyl groups excluding tert-OH is 2. The molecule has 5 heteroatoms. The highest BCUT2D eigenvalue weighted by molar-refractivity contribution is 5.36. The number of aromatic hydroxyl groups is 1. The summed E-state index contributed by atoms with van der Waals surface area (Å²) in [7, 11) is 0. The molecule has 1 unspecified atom stereocenters. The topological polar surface area (TPSA) is 82.0 Å². The fourth-order valence-corrected chi connectivity index (χ4v) is 2.53. The molecule has 0 aliphatic heterocycles. The Morgan fingerprint density at radius 1 is 1.07 bits per heavy atom. The molecule has 0 amide bonds. The number of ether oxygens (including phenoxy) is 1. The molecule has 0 saturated carbocycles. The Morgan fingerprint density at radius 3 is 2.67 bits per heavy atom. The molecule has 2 aromatic rings. The highest BCUT2D eigenvalue weighted by atomic mass is 16.5. The summed E-state index contributed by atoms with van der Waals surface area (Å²) in [5, 5.41) is 32.2. The van der Waals surface area contributed by atoms with Crippen molar-refractivity contribution >= 4 is 0 Å². The Hall–Kier alpha value is -1.92. The van der Waals surface area contributed by atoms with Gasteiger partial charge in [-0.2, -0.15) is 0 Å². The van der Waals surface area contributed by atoms with Crippen LogP contribution in [0.2, 0.25) is 0 Å². The van der Waals surface area contributed by atoms with Crippen LogP contribution in [0.5, 0.6) is 5.75 Å². The first-order valence-electron chi connectivity index (χ1n) is 16.2. The molecule has 0 saturated heterocycles. The molecule has 0 radical (unpaired) electrons. The predicted octanol–water partition coefficient (Wildman–Crippen LogP) is 4.11. The van der Waals surface area contributed by atoms with Crippen LogP contribution in [0.1, 0.15) is 79.0 Å². The van der Waals surface area contributed by atoms with Crippen LogP contribution in [-0.4, -0.2) is 41.5 Å². The molecular weight excluding hydrogens is 378 g/mol. The monoisotopic (exact) mass is 428 g/mol. The zero-order valence-electron chi connectivity index (χ0n) is 29.7. The lowest BCUT2D eigenvalue weighted by molar-refractivity contribution is 0.126. The van der Waals surface area contributed by atoms with Crippen LogP contribution in [0, 0.1) is 0 Å². The number of nitrogens with one attached hydrogen (secondary N) is 1. The van der Waals surface area contributed by atoms with Gasteiger partial charge in [-0.05, 0) is 61.8 Å². The lowest BCUT2D eigenvalue weighted by atomic mass is 10.1. The van der Waals surface area contributed by atoms with E-state index in [0.717, 1.165) is 12.1 Å². The first-order chi connectivity index (χ1) is 19.6. The second-order valence-corrected chi connectivity index (χ2v) is 6.42. The average molecular weight is 429 g/mol. The molecule has 166 valence electrons. The van der Waals surface area contributed by atoms with Crippen molar-refractivity contribution in [2.45, 2.75) is 57.5 Å². The Bertz CT molecular complexity index is 1220. The van der Waals surface area contributed by atoms with Crippen LogP contribution in [-0.2, 0) is 17.7 Å². The maximum Gasteiger partial charge on any atom is 0.121 e. The number of phenols is 1. The van der Waals surface area contributed by atoms with E-state index < -0.39 is 62.4 Å². The zero-order valence-corrected chi connectivity index (χ0v) is 16.7. The van der Waals surface area contributed by atoms with Crippen molar-refractivity contribution in [1.82, 2.24) is 5.32 Å². The van der Waals surface area contributed by atoms with Crippen molar-refractivity contribution in [3.05, 3.63) is 65.1 Å². The van der Waals surface area contributed by atoms with E-state index >= 15 is 0 Å². The standard InChI is InChI=1S/C25H37NO4/c27-20-23-18-22(13-14-24(23)28)25(29)19-26-15-7-1-2-8-16-30-17-9-6-12-21-10-4-3-5-11-21/h3-5,10-11,13-14,18,25-29H,1-2,6-9,12,15-17,19-20H2/i3D,6D2,9D2,10D,11D,12D2,16D2,17D2. The second-order valence-electron chi connectivity index (χ2n) is 6.42. The quantitative estimate of drug-likeness (QED) is 0.303. The molecule has 1 atom stereocenters. The summed E-state index contributed by atoms with van der Waals surface area (Å²) in [4.78, 5) is 0. The van der Waals surface area contributed by atoms with Crippen LogP contribution >= 0.6 is 0 Å². The molecule has 0 bridgehead atoms. The fourth-order valence-electron chi connectivity index (χ4n) is 2.53. The molecule has 2 aromatic carbocycles. The normalized spacial score (nSPS) is 20.9. The third-order valence-electron chi connectivity index (χ3n) is 4.15. The number of unbranched alkanes of at least 4 members (excludes halogenated alkanes) is 2. The maximum absolute atomic E-state index is 10.3. The Morgan fingerprint density at radius 2 is 1.87 bits per heavy atom. The summed E-state index contributed by atoms with van der Waals surface area (Å²) < 4.78 is 110. The van der Waals surface area contributed by atoms with Gasteiger partial charge in [-0.15, -0.1) is 0 Å². The summed E-state index contributed by atoms with van der Waals surface area (Å²) in [5.41, 5.74) is -0.100. The highest BCUT2D eigenvalue weighted by Gasteiger charge is 2.09. The molecule has 0 aromatic heterocycles. The predicted molar refractivity (Wildman–Crippen MR) is 121 cm³/mol. The van der Waals surface area contributed by atoms with Crippen molar-refractivity contribution in [2.75, 3.05) is 26.2 Å². The minimum atomic E-state index is -3.81. The van der Waals surface area contributed by atoms with Gasteiger partial charge in [0.2, 0.25) is 0 Å². The Balaban J connectivity index is 1.95. The van der Waals surface area contributed by atoms with Crippen LogP contribution in [0.15, 0.2) is 48.5 Å². The number of hydrogen-bond acceptors (Lipinski definition) is 5. The van der Waals surface area contributed by atoms with Crippen LogP contribution in [0.4, 0.5) is 0 Å². The van der Waals surface area contributed by atoms with Gasteiger partial charge in [0.15, 0.2) is 0 Å². The van der Waals surface area contributed by atoms with Gasteiger partial charge in [0.25, 0.3) is 0 Å². The lowest BCUT2D eigenvalue weighted by Crippen LogP contribution is -2.22. The van der Waals surface area contributed by atoms with Gasteiger partial charge >= 0.3 is 0 Å². The molecule has 5 nitrogen and oxygen atoms in total. The fraction of sp³-hybridized carbons (Fsp3) is 0.520. The summed E-state index contributed by atoms with van der Waals surface area (Å²) in [6.07, 6.45) is -11.2. The largest absolute Gasteiger partial charge is 0.508 e. The second kappa shape index (κ2) is 15.0. The lowest BCUT2D eigenvalue weighted by Gasteiger charge is -2.14. The Labute approximate surface area is 199 Å². The van der Waals surface area contributed by atoms with Gasteiger partial charge in [-0.1, -0.05) is 49.2 Å². The van der Waals surface area contributed by atoms with Gasteiger partial charge in [-0.3, -0.25) is 0 Å². The molecule has 4 N–H and O–H groups in total. The first kappa shape index (κ1) is 11.6. The molecule has 0 aliphatic carbocycles. The maximum atomic E-state index is 10.3. The molecule has 2 rings (SSSR count). The van der Waals surface area contributed by atoms with Crippen molar-refractivity contribution in [3.8, 4) is 5.75 Å². The van der Waals surface area contributed by atoms with E-state index in [4.69, 9.17) is 22.6 Å². The third-order valence-corrected chi connectivity index (χ3v) is 4.15. The summed E-state index contributed by atoms with van der Waals surface area (Å²) in [5.74, 6) is -0.0827. The molecule has 0 fully saturated rings. The number of aliphatic hydroxyl groups is 2. The van der Waals surface area contributed by atoms with E-state index in [1.54, 1.807) is 0 Å². The van der Waals surface area contributed by atoms with E-state index in [2.05, 4.69) is 5.32 Å². The minimum absolute atomic E-state index is 0.0827. The van der Waals surface area contributed by atoms with Gasteiger partial charge < -0.3 is 25.4 Å². The van der Waals surface area contributed by atoms with Crippen LogP contribution in [0.25, 0.3) is 0 Å². The van der Waals surface area contributed by atoms with E-state index in [0.29, 0.717) is 24.9 Å². The number of benzene rings is 2. The first-order valence-corrected chi connectivity index (χ1v) is 9.71. The summed E-state index contributed by atoms with van der Waals surface area (Å²) >= 11 is 0.